The minimum Gasteiger partial charge on any atom is -0.452 e. The number of anilines is 1. The number of hydrogen-bond donors (Lipinski definition) is 1. The Morgan fingerprint density at radius 3 is 1.63 bits per heavy atom. The first-order valence-electron chi connectivity index (χ1n) is 16.9. The first kappa shape index (κ1) is 35.6. The van der Waals surface area contributed by atoms with Crippen molar-refractivity contribution in [1.82, 2.24) is 19.5 Å². The Labute approximate surface area is 308 Å². The molecule has 0 bridgehead atoms. The highest BCUT2D eigenvalue weighted by Gasteiger charge is 2.53. The fourth-order valence-corrected chi connectivity index (χ4v) is 5.98. The fourth-order valence-electron chi connectivity index (χ4n) is 5.98. The van der Waals surface area contributed by atoms with Crippen molar-refractivity contribution in [1.29, 1.82) is 0 Å². The van der Waals surface area contributed by atoms with Gasteiger partial charge in [0.2, 0.25) is 0 Å². The summed E-state index contributed by atoms with van der Waals surface area (Å²) in [5.41, 5.74) is 1.66. The van der Waals surface area contributed by atoms with Gasteiger partial charge in [-0.3, -0.25) is 4.79 Å². The molecule has 14 heteroatoms. The zero-order valence-electron chi connectivity index (χ0n) is 28.8. The zero-order valence-corrected chi connectivity index (χ0v) is 28.8. The maximum absolute atomic E-state index is 13.7. The van der Waals surface area contributed by atoms with E-state index in [0.717, 1.165) is 0 Å². The fraction of sp³-hybridized carbons (Fsp3) is 0.175. The van der Waals surface area contributed by atoms with Crippen LogP contribution in [0.15, 0.2) is 134 Å². The van der Waals surface area contributed by atoms with Crippen LogP contribution < -0.4 is 5.32 Å². The second kappa shape index (κ2) is 16.3. The van der Waals surface area contributed by atoms with E-state index in [4.69, 9.17) is 23.7 Å². The largest absolute Gasteiger partial charge is 0.452 e. The lowest BCUT2D eigenvalue weighted by Gasteiger charge is -2.44. The monoisotopic (exact) mass is 727 g/mol. The molecule has 7 rings (SSSR count). The highest BCUT2D eigenvalue weighted by molar-refractivity contribution is 6.06. The zero-order chi connectivity index (χ0) is 37.4. The molecule has 0 aliphatic carbocycles. The molecule has 4 aromatic carbocycles. The number of benzene rings is 4. The number of nitrogens with one attached hydrogen (secondary N) is 1. The number of methoxy groups -OCH3 is 1. The summed E-state index contributed by atoms with van der Waals surface area (Å²) in [5.74, 6) is -2.49. The molecule has 272 valence electrons. The van der Waals surface area contributed by atoms with Crippen molar-refractivity contribution in [3.05, 3.63) is 156 Å². The standard InChI is InChI=1S/C40H33N5O9/c1-50-40-33(54-39(49)28-20-12-5-13-21-28)32(53-38(48)27-18-10-4-11-19-27)31(52-37(47)26-16-8-3-9-17-26)29(51-40)22-45-24-43-30-34(41-23-42-35(30)45)44-36(46)25-14-6-2-7-15-25/h2-21,23-24,29,31-33,40H,22H2,1H3,(H,41,42,44,46)/t29-,31-,32+,33-,40+/m1/s1. The molecular formula is C40H33N5O9. The van der Waals surface area contributed by atoms with Crippen molar-refractivity contribution in [2.45, 2.75) is 37.3 Å². The summed E-state index contributed by atoms with van der Waals surface area (Å²) in [7, 11) is 1.35. The van der Waals surface area contributed by atoms with Gasteiger partial charge >= 0.3 is 17.9 Å². The van der Waals surface area contributed by atoms with Crippen LogP contribution in [0.4, 0.5) is 5.82 Å². The van der Waals surface area contributed by atoms with E-state index >= 15 is 0 Å². The molecule has 6 aromatic rings. The van der Waals surface area contributed by atoms with Gasteiger partial charge in [0.25, 0.3) is 5.91 Å². The first-order chi connectivity index (χ1) is 26.4. The third-order valence-electron chi connectivity index (χ3n) is 8.63. The van der Waals surface area contributed by atoms with Gasteiger partial charge in [0.15, 0.2) is 41.6 Å². The molecule has 0 saturated carbocycles. The number of rotatable bonds is 11. The van der Waals surface area contributed by atoms with Crippen molar-refractivity contribution in [2.75, 3.05) is 12.4 Å². The van der Waals surface area contributed by atoms with Crippen molar-refractivity contribution >= 4 is 40.8 Å². The van der Waals surface area contributed by atoms with Crippen LogP contribution in [-0.2, 0) is 30.2 Å². The molecule has 3 heterocycles. The Kier molecular flexibility index (Phi) is 10.7. The number of imidazole rings is 1. The Bertz CT molecular complexity index is 2240. The number of aromatic nitrogens is 4. The van der Waals surface area contributed by atoms with Crippen molar-refractivity contribution in [3.8, 4) is 0 Å². The Hall–Kier alpha value is -6.77. The number of amides is 1. The summed E-state index contributed by atoms with van der Waals surface area (Å²) >= 11 is 0. The quantitative estimate of drug-likeness (QED) is 0.138. The smallest absolute Gasteiger partial charge is 0.338 e. The van der Waals surface area contributed by atoms with Crippen LogP contribution in [0, 0.1) is 0 Å². The second-order valence-corrected chi connectivity index (χ2v) is 12.1. The molecule has 1 saturated heterocycles. The SMILES string of the molecule is CO[C@H]1O[C@H](Cn2cnc3c(NC(=O)c4ccccc4)ncnc32)[C@@H](OC(=O)c2ccccc2)[C@H](OC(=O)c2ccccc2)[C@H]1OC(=O)c1ccccc1. The lowest BCUT2D eigenvalue weighted by atomic mass is 9.97. The van der Waals surface area contributed by atoms with E-state index in [2.05, 4.69) is 20.3 Å². The number of hydrogen-bond acceptors (Lipinski definition) is 12. The van der Waals surface area contributed by atoms with Crippen LogP contribution in [0.25, 0.3) is 11.2 Å². The molecule has 1 amide bonds. The van der Waals surface area contributed by atoms with Crippen LogP contribution in [0.2, 0.25) is 0 Å². The molecule has 54 heavy (non-hydrogen) atoms. The third-order valence-corrected chi connectivity index (χ3v) is 8.63. The number of nitrogens with zero attached hydrogens (tertiary/aromatic N) is 4. The van der Waals surface area contributed by atoms with E-state index in [9.17, 15) is 19.2 Å². The maximum atomic E-state index is 13.7. The summed E-state index contributed by atoms with van der Waals surface area (Å²) in [6, 6.07) is 33.3. The van der Waals surface area contributed by atoms with E-state index in [1.165, 1.54) is 19.8 Å². The molecule has 1 fully saturated rings. The lowest BCUT2D eigenvalue weighted by Crippen LogP contribution is -2.62. The summed E-state index contributed by atoms with van der Waals surface area (Å²) in [5, 5.41) is 2.78. The Balaban J connectivity index is 1.26. The van der Waals surface area contributed by atoms with Gasteiger partial charge in [0.1, 0.15) is 12.4 Å². The minimum absolute atomic E-state index is 0.0785. The number of fused-ring (bicyclic) bond motifs is 1. The summed E-state index contributed by atoms with van der Waals surface area (Å²) in [4.78, 5) is 66.9. The van der Waals surface area contributed by atoms with E-state index in [0.29, 0.717) is 11.2 Å². The second-order valence-electron chi connectivity index (χ2n) is 12.1. The van der Waals surface area contributed by atoms with Crippen LogP contribution in [0.1, 0.15) is 41.4 Å². The van der Waals surface area contributed by atoms with Gasteiger partial charge < -0.3 is 33.6 Å². The van der Waals surface area contributed by atoms with E-state index in [1.807, 2.05) is 0 Å². The van der Waals surface area contributed by atoms with Gasteiger partial charge in [-0.05, 0) is 48.5 Å². The lowest BCUT2D eigenvalue weighted by molar-refractivity contribution is -0.289. The molecular weight excluding hydrogens is 694 g/mol. The van der Waals surface area contributed by atoms with Gasteiger partial charge in [-0.1, -0.05) is 72.8 Å². The molecule has 0 radical (unpaired) electrons. The molecule has 5 atom stereocenters. The van der Waals surface area contributed by atoms with E-state index < -0.39 is 54.5 Å². The van der Waals surface area contributed by atoms with E-state index in [1.54, 1.807) is 126 Å². The summed E-state index contributed by atoms with van der Waals surface area (Å²) in [6.45, 7) is -0.0785. The van der Waals surface area contributed by atoms with Gasteiger partial charge in [-0.25, -0.2) is 29.3 Å². The number of esters is 3. The van der Waals surface area contributed by atoms with Gasteiger partial charge in [-0.15, -0.1) is 0 Å². The van der Waals surface area contributed by atoms with Crippen LogP contribution in [0.3, 0.4) is 0 Å². The van der Waals surface area contributed by atoms with Crippen LogP contribution >= 0.6 is 0 Å². The summed E-state index contributed by atoms with van der Waals surface area (Å²) in [6.07, 6.45) is -3.87. The van der Waals surface area contributed by atoms with E-state index in [-0.39, 0.29) is 34.6 Å². The molecule has 0 unspecified atom stereocenters. The topological polar surface area (TPSA) is 170 Å². The average Bonchev–Trinajstić information content (AvgIpc) is 3.64. The van der Waals surface area contributed by atoms with Crippen molar-refractivity contribution in [3.63, 3.8) is 0 Å². The number of carbonyl (C=O) groups is 4. The molecule has 2 aromatic heterocycles. The van der Waals surface area contributed by atoms with Gasteiger partial charge in [0.05, 0.1) is 29.6 Å². The molecule has 1 N–H and O–H groups in total. The molecule has 0 spiro atoms. The molecule has 1 aliphatic rings. The minimum atomic E-state index is -1.44. The van der Waals surface area contributed by atoms with Gasteiger partial charge in [-0.2, -0.15) is 0 Å². The molecule has 1 aliphatic heterocycles. The average molecular weight is 728 g/mol. The Morgan fingerprint density at radius 2 is 1.11 bits per heavy atom. The normalized spacial score (nSPS) is 19.4. The predicted octanol–water partition coefficient (Wildman–Crippen LogP) is 5.13. The van der Waals surface area contributed by atoms with Crippen LogP contribution in [0.5, 0.6) is 0 Å². The first-order valence-corrected chi connectivity index (χ1v) is 16.9. The Morgan fingerprint density at radius 1 is 0.630 bits per heavy atom. The number of ether oxygens (including phenoxy) is 5. The highest BCUT2D eigenvalue weighted by atomic mass is 16.7. The van der Waals surface area contributed by atoms with Gasteiger partial charge in [0, 0.05) is 12.7 Å². The van der Waals surface area contributed by atoms with Crippen molar-refractivity contribution in [2.24, 2.45) is 0 Å². The molecule has 14 nitrogen and oxygen atoms in total. The van der Waals surface area contributed by atoms with Crippen molar-refractivity contribution < 1.29 is 42.9 Å². The highest BCUT2D eigenvalue weighted by Crippen LogP contribution is 2.32. The number of carbonyl (C=O) groups excluding carboxylic acids is 4. The van der Waals surface area contributed by atoms with Crippen LogP contribution in [-0.4, -0.2) is 81.1 Å². The third kappa shape index (κ3) is 7.84. The predicted molar refractivity (Wildman–Crippen MR) is 192 cm³/mol. The maximum Gasteiger partial charge on any atom is 0.338 e. The summed E-state index contributed by atoms with van der Waals surface area (Å²) < 4.78 is 31.9.